The van der Waals surface area contributed by atoms with Crippen LogP contribution in [0.5, 0.6) is 17.2 Å². The van der Waals surface area contributed by atoms with Crippen molar-refractivity contribution >= 4 is 11.8 Å². The van der Waals surface area contributed by atoms with E-state index in [4.69, 9.17) is 14.2 Å². The van der Waals surface area contributed by atoms with E-state index in [1.807, 2.05) is 23.1 Å². The number of nitrogens with zero attached hydrogens (tertiary/aromatic N) is 3. The third-order valence-electron chi connectivity index (χ3n) is 7.59. The monoisotopic (exact) mass is 571 g/mol. The second kappa shape index (κ2) is 14.5. The topological polar surface area (TPSA) is 91.8 Å². The summed E-state index contributed by atoms with van der Waals surface area (Å²) in [5, 5.41) is 11.6. The maximum absolute atomic E-state index is 13.3. The summed E-state index contributed by atoms with van der Waals surface area (Å²) in [6.07, 6.45) is 4.48. The van der Waals surface area contributed by atoms with Crippen molar-refractivity contribution in [1.82, 2.24) is 14.7 Å². The van der Waals surface area contributed by atoms with Crippen LogP contribution in [0, 0.1) is 5.82 Å². The molecule has 0 spiro atoms. The van der Waals surface area contributed by atoms with Gasteiger partial charge in [0.05, 0.1) is 20.3 Å². The minimum absolute atomic E-state index is 0.0462. The van der Waals surface area contributed by atoms with Gasteiger partial charge in [-0.25, -0.2) is 4.39 Å². The van der Waals surface area contributed by atoms with E-state index in [2.05, 4.69) is 4.90 Å². The van der Waals surface area contributed by atoms with Crippen LogP contribution >= 0.6 is 0 Å². The fourth-order valence-corrected chi connectivity index (χ4v) is 5.39. The summed E-state index contributed by atoms with van der Waals surface area (Å²) < 4.78 is 30.7. The molecule has 2 aromatic carbocycles. The Kier molecular flexibility index (Phi) is 10.8. The van der Waals surface area contributed by atoms with Crippen LogP contribution in [-0.4, -0.2) is 96.8 Å². The summed E-state index contributed by atoms with van der Waals surface area (Å²) in [7, 11) is 1.60. The van der Waals surface area contributed by atoms with Gasteiger partial charge in [-0.15, -0.1) is 0 Å². The highest BCUT2D eigenvalue weighted by atomic mass is 19.1. The number of hydrogen-bond acceptors (Lipinski definition) is 7. The Balaban J connectivity index is 1.38. The second-order valence-corrected chi connectivity index (χ2v) is 11.0. The van der Waals surface area contributed by atoms with Crippen molar-refractivity contribution < 1.29 is 33.3 Å². The maximum Gasteiger partial charge on any atom is 0.222 e. The molecule has 2 aromatic rings. The number of benzene rings is 2. The molecular weight excluding hydrogens is 529 g/mol. The van der Waals surface area contributed by atoms with Gasteiger partial charge in [-0.1, -0.05) is 12.5 Å². The predicted octanol–water partition coefficient (Wildman–Crippen LogP) is 3.48. The summed E-state index contributed by atoms with van der Waals surface area (Å²) in [6.45, 7) is 5.39. The number of carbonyl (C=O) groups excluding carboxylic acids is 2. The van der Waals surface area contributed by atoms with Crippen LogP contribution in [0.15, 0.2) is 42.5 Å². The van der Waals surface area contributed by atoms with Crippen molar-refractivity contribution in [2.45, 2.75) is 51.2 Å². The Morgan fingerprint density at radius 2 is 1.80 bits per heavy atom. The zero-order valence-electron chi connectivity index (χ0n) is 24.1. The lowest BCUT2D eigenvalue weighted by molar-refractivity contribution is -0.132. The molecule has 2 aliphatic heterocycles. The van der Waals surface area contributed by atoms with Gasteiger partial charge in [0.15, 0.2) is 11.5 Å². The molecule has 0 saturated carbocycles. The zero-order valence-corrected chi connectivity index (χ0v) is 24.1. The highest BCUT2D eigenvalue weighted by molar-refractivity contribution is 5.76. The minimum atomic E-state index is -1.33. The lowest BCUT2D eigenvalue weighted by Gasteiger charge is -2.32. The van der Waals surface area contributed by atoms with Crippen molar-refractivity contribution in [3.63, 3.8) is 0 Å². The van der Waals surface area contributed by atoms with E-state index in [0.717, 1.165) is 37.8 Å². The number of hydrogen-bond donors (Lipinski definition) is 1. The molecule has 0 aliphatic carbocycles. The van der Waals surface area contributed by atoms with Gasteiger partial charge in [0.1, 0.15) is 23.8 Å². The largest absolute Gasteiger partial charge is 0.493 e. The zero-order chi connectivity index (χ0) is 29.2. The van der Waals surface area contributed by atoms with Crippen molar-refractivity contribution in [1.29, 1.82) is 0 Å². The fraction of sp³-hybridized carbons (Fsp3) is 0.548. The van der Waals surface area contributed by atoms with E-state index in [1.54, 1.807) is 12.0 Å². The van der Waals surface area contributed by atoms with Crippen LogP contribution in [0.1, 0.15) is 44.6 Å². The van der Waals surface area contributed by atoms with Crippen molar-refractivity contribution in [3.05, 3.63) is 53.8 Å². The number of amides is 2. The SMILES string of the molecule is COc1ccc(CN2CCN(C(C)=O)CC(O)(COc3ccc(F)cc3)C2)cc1OCCCN1CCCCCC1=O. The van der Waals surface area contributed by atoms with E-state index < -0.39 is 5.60 Å². The molecule has 1 atom stereocenters. The molecule has 0 radical (unpaired) electrons. The van der Waals surface area contributed by atoms with Gasteiger partial charge in [-0.3, -0.25) is 14.5 Å². The van der Waals surface area contributed by atoms with E-state index in [0.29, 0.717) is 56.5 Å². The molecule has 1 unspecified atom stereocenters. The average molecular weight is 572 g/mol. The molecular formula is C31H42FN3O6. The number of methoxy groups -OCH3 is 1. The predicted molar refractivity (Wildman–Crippen MR) is 153 cm³/mol. The first-order valence-corrected chi connectivity index (χ1v) is 14.4. The number of aliphatic hydroxyl groups is 1. The molecule has 0 bridgehead atoms. The Morgan fingerprint density at radius 1 is 1.00 bits per heavy atom. The summed E-state index contributed by atoms with van der Waals surface area (Å²) in [6, 6.07) is 11.4. The van der Waals surface area contributed by atoms with Crippen molar-refractivity contribution in [2.75, 3.05) is 59.6 Å². The summed E-state index contributed by atoms with van der Waals surface area (Å²) in [5.74, 6) is 1.45. The quantitative estimate of drug-likeness (QED) is 0.413. The van der Waals surface area contributed by atoms with Gasteiger partial charge < -0.3 is 29.1 Å². The van der Waals surface area contributed by atoms with Gasteiger partial charge in [0.2, 0.25) is 11.8 Å². The van der Waals surface area contributed by atoms with Crippen LogP contribution in [-0.2, 0) is 16.1 Å². The molecule has 1 N–H and O–H groups in total. The van der Waals surface area contributed by atoms with Crippen LogP contribution in [0.2, 0.25) is 0 Å². The first kappa shape index (κ1) is 30.6. The van der Waals surface area contributed by atoms with E-state index >= 15 is 0 Å². The summed E-state index contributed by atoms with van der Waals surface area (Å²) in [5.41, 5.74) is -0.353. The molecule has 2 heterocycles. The second-order valence-electron chi connectivity index (χ2n) is 11.0. The van der Waals surface area contributed by atoms with E-state index in [9.17, 15) is 19.1 Å². The van der Waals surface area contributed by atoms with Crippen molar-refractivity contribution in [3.8, 4) is 17.2 Å². The summed E-state index contributed by atoms with van der Waals surface area (Å²) >= 11 is 0. The normalized spacial score (nSPS) is 20.3. The Bertz CT molecular complexity index is 1160. The number of ether oxygens (including phenoxy) is 3. The molecule has 2 fully saturated rings. The molecule has 2 amide bonds. The molecule has 10 heteroatoms. The molecule has 224 valence electrons. The highest BCUT2D eigenvalue weighted by Gasteiger charge is 2.37. The third kappa shape index (κ3) is 9.06. The van der Waals surface area contributed by atoms with Gasteiger partial charge in [0, 0.05) is 52.6 Å². The van der Waals surface area contributed by atoms with Crippen molar-refractivity contribution in [2.24, 2.45) is 0 Å². The molecule has 4 rings (SSSR count). The molecule has 0 aromatic heterocycles. The lowest BCUT2D eigenvalue weighted by Crippen LogP contribution is -2.51. The van der Waals surface area contributed by atoms with Crippen LogP contribution in [0.3, 0.4) is 0 Å². The maximum atomic E-state index is 13.3. The first-order valence-electron chi connectivity index (χ1n) is 14.4. The van der Waals surface area contributed by atoms with Gasteiger partial charge in [-0.05, 0) is 61.2 Å². The van der Waals surface area contributed by atoms with Gasteiger partial charge >= 0.3 is 0 Å². The lowest BCUT2D eigenvalue weighted by atomic mass is 10.0. The van der Waals surface area contributed by atoms with E-state index in [1.165, 1.54) is 31.2 Å². The average Bonchev–Trinajstić information content (AvgIpc) is 3.26. The molecule has 41 heavy (non-hydrogen) atoms. The van der Waals surface area contributed by atoms with Gasteiger partial charge in [-0.2, -0.15) is 0 Å². The number of likely N-dealkylation sites (tertiary alicyclic amines) is 1. The smallest absolute Gasteiger partial charge is 0.222 e. The Labute approximate surface area is 241 Å². The van der Waals surface area contributed by atoms with Gasteiger partial charge in [0.25, 0.3) is 0 Å². The van der Waals surface area contributed by atoms with E-state index in [-0.39, 0.29) is 37.3 Å². The number of β-amino-alcohol motifs (C(OH)–C–C–N with tert-alkyl or cyclic N) is 1. The first-order chi connectivity index (χ1) is 19.7. The third-order valence-corrected chi connectivity index (χ3v) is 7.59. The number of carbonyl (C=O) groups is 2. The Hall–Kier alpha value is -3.37. The summed E-state index contributed by atoms with van der Waals surface area (Å²) in [4.78, 5) is 30.2. The van der Waals surface area contributed by atoms with Crippen LogP contribution in [0.25, 0.3) is 0 Å². The minimum Gasteiger partial charge on any atom is -0.493 e. The fourth-order valence-electron chi connectivity index (χ4n) is 5.39. The standard InChI is InChI=1S/C31H42FN3O6/c1-24(36)35-17-16-33(21-31(38,22-35)23-41-27-11-9-26(32)10-12-27)20-25-8-13-28(39-2)29(19-25)40-18-6-15-34-14-5-3-4-7-30(34)37/h8-13,19,38H,3-7,14-18,20-23H2,1-2H3. The molecule has 9 nitrogen and oxygen atoms in total. The number of halogens is 1. The number of rotatable bonds is 11. The van der Waals surface area contributed by atoms with Crippen LogP contribution in [0.4, 0.5) is 4.39 Å². The molecule has 2 aliphatic rings. The van der Waals surface area contributed by atoms with Crippen LogP contribution < -0.4 is 14.2 Å². The molecule has 2 saturated heterocycles. The Morgan fingerprint density at radius 3 is 2.56 bits per heavy atom. The highest BCUT2D eigenvalue weighted by Crippen LogP contribution is 2.29.